The highest BCUT2D eigenvalue weighted by Gasteiger charge is 2.32. The van der Waals surface area contributed by atoms with Gasteiger partial charge in [0.05, 0.1) is 5.92 Å². The van der Waals surface area contributed by atoms with Gasteiger partial charge in [-0.3, -0.25) is 4.79 Å². The predicted octanol–water partition coefficient (Wildman–Crippen LogP) is 3.36. The molecule has 2 rings (SSSR count). The van der Waals surface area contributed by atoms with Crippen molar-refractivity contribution in [3.63, 3.8) is 0 Å². The number of halogens is 1. The molecule has 20 heavy (non-hydrogen) atoms. The molecular formula is C16H22ClNO2. The van der Waals surface area contributed by atoms with E-state index in [0.29, 0.717) is 6.04 Å². The van der Waals surface area contributed by atoms with Crippen molar-refractivity contribution >= 4 is 17.6 Å². The number of carboxylic acid groups (broad SMARTS) is 1. The third-order valence-corrected chi connectivity index (χ3v) is 4.41. The van der Waals surface area contributed by atoms with Gasteiger partial charge in [-0.1, -0.05) is 30.2 Å². The van der Waals surface area contributed by atoms with Crippen molar-refractivity contribution in [1.29, 1.82) is 0 Å². The largest absolute Gasteiger partial charge is 0.481 e. The summed E-state index contributed by atoms with van der Waals surface area (Å²) in [5.41, 5.74) is 1.25. The molecule has 0 spiro atoms. The Bertz CT molecular complexity index is 446. The van der Waals surface area contributed by atoms with Crippen LogP contribution in [0.15, 0.2) is 24.3 Å². The molecule has 0 saturated heterocycles. The van der Waals surface area contributed by atoms with Crippen LogP contribution in [0.4, 0.5) is 0 Å². The van der Waals surface area contributed by atoms with Gasteiger partial charge in [0.15, 0.2) is 0 Å². The van der Waals surface area contributed by atoms with Crippen molar-refractivity contribution in [1.82, 2.24) is 5.32 Å². The van der Waals surface area contributed by atoms with Gasteiger partial charge in [0.25, 0.3) is 0 Å². The molecule has 3 nitrogen and oxygen atoms in total. The van der Waals surface area contributed by atoms with E-state index in [-0.39, 0.29) is 11.8 Å². The molecule has 0 aromatic heterocycles. The summed E-state index contributed by atoms with van der Waals surface area (Å²) in [7, 11) is 0. The van der Waals surface area contributed by atoms with Gasteiger partial charge in [-0.05, 0) is 56.3 Å². The molecule has 0 amide bonds. The van der Waals surface area contributed by atoms with Crippen molar-refractivity contribution < 1.29 is 9.90 Å². The number of hydrogen-bond acceptors (Lipinski definition) is 2. The summed E-state index contributed by atoms with van der Waals surface area (Å²) in [6.07, 6.45) is 3.82. The maximum atomic E-state index is 11.1. The van der Waals surface area contributed by atoms with Gasteiger partial charge in [0, 0.05) is 11.1 Å². The zero-order valence-electron chi connectivity index (χ0n) is 11.8. The molecule has 3 atom stereocenters. The molecule has 1 fully saturated rings. The first-order valence-electron chi connectivity index (χ1n) is 7.27. The molecule has 1 aliphatic rings. The lowest BCUT2D eigenvalue weighted by Crippen LogP contribution is -2.35. The van der Waals surface area contributed by atoms with Crippen LogP contribution in [0.3, 0.4) is 0 Å². The van der Waals surface area contributed by atoms with Crippen LogP contribution in [0.5, 0.6) is 0 Å². The Labute approximate surface area is 125 Å². The maximum Gasteiger partial charge on any atom is 0.306 e. The van der Waals surface area contributed by atoms with Crippen molar-refractivity contribution in [3.8, 4) is 0 Å². The molecule has 1 aliphatic carbocycles. The topological polar surface area (TPSA) is 49.3 Å². The molecule has 3 unspecified atom stereocenters. The zero-order valence-corrected chi connectivity index (χ0v) is 12.6. The number of hydrogen-bond donors (Lipinski definition) is 2. The van der Waals surface area contributed by atoms with Crippen LogP contribution in [0.2, 0.25) is 5.02 Å². The smallest absolute Gasteiger partial charge is 0.306 e. The van der Waals surface area contributed by atoms with Crippen LogP contribution in [-0.4, -0.2) is 23.7 Å². The summed E-state index contributed by atoms with van der Waals surface area (Å²) in [5.74, 6) is -0.523. The second-order valence-electron chi connectivity index (χ2n) is 5.78. The van der Waals surface area contributed by atoms with Gasteiger partial charge in [0.2, 0.25) is 0 Å². The fourth-order valence-corrected chi connectivity index (χ4v) is 3.13. The van der Waals surface area contributed by atoms with E-state index in [9.17, 15) is 4.79 Å². The van der Waals surface area contributed by atoms with E-state index in [1.54, 1.807) is 0 Å². The molecule has 0 aliphatic heterocycles. The van der Waals surface area contributed by atoms with Gasteiger partial charge < -0.3 is 10.4 Å². The van der Waals surface area contributed by atoms with Crippen molar-refractivity contribution in [2.75, 3.05) is 6.54 Å². The lowest BCUT2D eigenvalue weighted by Gasteiger charge is -2.20. The first-order valence-corrected chi connectivity index (χ1v) is 7.64. The predicted molar refractivity (Wildman–Crippen MR) is 81.1 cm³/mol. The molecule has 1 aromatic carbocycles. The minimum Gasteiger partial charge on any atom is -0.481 e. The number of carbonyl (C=O) groups is 1. The second-order valence-corrected chi connectivity index (χ2v) is 6.21. The Hall–Kier alpha value is -1.06. The van der Waals surface area contributed by atoms with Crippen molar-refractivity contribution in [3.05, 3.63) is 34.9 Å². The number of aliphatic carboxylic acids is 1. The summed E-state index contributed by atoms with van der Waals surface area (Å²) < 4.78 is 0. The van der Waals surface area contributed by atoms with E-state index >= 15 is 0 Å². The molecule has 0 bridgehead atoms. The lowest BCUT2D eigenvalue weighted by molar-refractivity contribution is -0.142. The van der Waals surface area contributed by atoms with Crippen LogP contribution in [-0.2, 0) is 11.2 Å². The second kappa shape index (κ2) is 7.09. The highest BCUT2D eigenvalue weighted by atomic mass is 35.5. The van der Waals surface area contributed by atoms with Gasteiger partial charge in [0.1, 0.15) is 0 Å². The zero-order chi connectivity index (χ0) is 14.5. The monoisotopic (exact) mass is 295 g/mol. The average molecular weight is 296 g/mol. The van der Waals surface area contributed by atoms with Crippen LogP contribution in [0.1, 0.15) is 31.7 Å². The molecule has 0 heterocycles. The first kappa shape index (κ1) is 15.3. The van der Waals surface area contributed by atoms with Gasteiger partial charge in [-0.15, -0.1) is 0 Å². The van der Waals surface area contributed by atoms with E-state index in [1.165, 1.54) is 5.56 Å². The normalized spacial score (nSPS) is 23.7. The highest BCUT2D eigenvalue weighted by molar-refractivity contribution is 6.30. The maximum absolute atomic E-state index is 11.1. The summed E-state index contributed by atoms with van der Waals surface area (Å²) in [5, 5.41) is 13.4. The Kier molecular flexibility index (Phi) is 5.44. The lowest BCUT2D eigenvalue weighted by atomic mass is 9.95. The van der Waals surface area contributed by atoms with E-state index in [1.807, 2.05) is 24.3 Å². The standard InChI is InChI=1S/C16H22ClNO2/c1-11(9-12-5-7-14(17)8-6-12)18-10-13-3-2-4-15(13)16(19)20/h5-8,11,13,15,18H,2-4,9-10H2,1H3,(H,19,20). The van der Waals surface area contributed by atoms with Crippen molar-refractivity contribution in [2.24, 2.45) is 11.8 Å². The molecule has 4 heteroatoms. The van der Waals surface area contributed by atoms with Crippen molar-refractivity contribution in [2.45, 2.75) is 38.6 Å². The van der Waals surface area contributed by atoms with Gasteiger partial charge in [-0.2, -0.15) is 0 Å². The quantitative estimate of drug-likeness (QED) is 0.846. The Morgan fingerprint density at radius 3 is 2.75 bits per heavy atom. The van der Waals surface area contributed by atoms with E-state index in [0.717, 1.165) is 37.3 Å². The Balaban J connectivity index is 1.78. The minimum atomic E-state index is -0.639. The van der Waals surface area contributed by atoms with Crippen LogP contribution >= 0.6 is 11.6 Å². The van der Waals surface area contributed by atoms with Gasteiger partial charge >= 0.3 is 5.97 Å². The number of benzene rings is 1. The van der Waals surface area contributed by atoms with E-state index in [2.05, 4.69) is 12.2 Å². The summed E-state index contributed by atoms with van der Waals surface area (Å²) in [4.78, 5) is 11.1. The number of rotatable bonds is 6. The number of nitrogens with one attached hydrogen (secondary N) is 1. The summed E-state index contributed by atoms with van der Waals surface area (Å²) in [6, 6.07) is 8.22. The first-order chi connectivity index (χ1) is 9.56. The SMILES string of the molecule is CC(Cc1ccc(Cl)cc1)NCC1CCCC1C(=O)O. The molecule has 110 valence electrons. The third kappa shape index (κ3) is 4.22. The molecule has 0 radical (unpaired) electrons. The van der Waals surface area contributed by atoms with Crippen LogP contribution in [0.25, 0.3) is 0 Å². The van der Waals surface area contributed by atoms with Crippen LogP contribution < -0.4 is 5.32 Å². The fraction of sp³-hybridized carbons (Fsp3) is 0.562. The molecule has 1 aromatic rings. The highest BCUT2D eigenvalue weighted by Crippen LogP contribution is 2.31. The summed E-state index contributed by atoms with van der Waals surface area (Å²) >= 11 is 5.87. The van der Waals surface area contributed by atoms with E-state index in [4.69, 9.17) is 16.7 Å². The van der Waals surface area contributed by atoms with Gasteiger partial charge in [-0.25, -0.2) is 0 Å². The molecule has 1 saturated carbocycles. The summed E-state index contributed by atoms with van der Waals surface area (Å²) in [6.45, 7) is 2.94. The van der Waals surface area contributed by atoms with E-state index < -0.39 is 5.97 Å². The molecule has 2 N–H and O–H groups in total. The Morgan fingerprint density at radius 1 is 1.40 bits per heavy atom. The average Bonchev–Trinajstić information content (AvgIpc) is 2.88. The molecular weight excluding hydrogens is 274 g/mol. The van der Waals surface area contributed by atoms with Crippen LogP contribution in [0, 0.1) is 11.8 Å². The third-order valence-electron chi connectivity index (χ3n) is 4.16. The fourth-order valence-electron chi connectivity index (χ4n) is 3.01. The number of carboxylic acids is 1. The minimum absolute atomic E-state index is 0.162. The Morgan fingerprint density at radius 2 is 2.10 bits per heavy atom.